The van der Waals surface area contributed by atoms with Gasteiger partial charge in [-0.05, 0) is 43.4 Å². The van der Waals surface area contributed by atoms with E-state index in [1.54, 1.807) is 24.3 Å². The summed E-state index contributed by atoms with van der Waals surface area (Å²) in [6.45, 7) is 1.95. The monoisotopic (exact) mass is 492 g/mol. The zero-order valence-electron chi connectivity index (χ0n) is 20.1. The standard InChI is InChI=1S/C26H32N6O4/c27-23-18-6-2-3-7-20(18)31-24(23)25(34)32-21(26(35)36)12-14-29-22(33)8-4-1-5-17-10-9-16-15-28-13-11-19(16)30-17/h2-3,6-7,9-10,21,23,28H,1,4-5,8,11-15,27H2,(H,29,33)(H,32,34)(H,35,36)/t21-,23?/m0/s1. The molecular formula is C26H32N6O4. The van der Waals surface area contributed by atoms with Crippen LogP contribution in [0.2, 0.25) is 0 Å². The third-order valence-corrected chi connectivity index (χ3v) is 6.47. The van der Waals surface area contributed by atoms with Crippen LogP contribution >= 0.6 is 0 Å². The number of pyridine rings is 1. The first-order chi connectivity index (χ1) is 17.4. The van der Waals surface area contributed by atoms with Crippen LogP contribution in [0.25, 0.3) is 0 Å². The normalized spacial score (nSPS) is 16.9. The number of aromatic nitrogens is 1. The number of carboxylic acid groups (broad SMARTS) is 1. The maximum atomic E-state index is 12.6. The number of nitrogens with two attached hydrogens (primary N) is 1. The Kier molecular flexibility index (Phi) is 8.40. The Hall–Kier alpha value is -3.63. The number of nitrogens with one attached hydrogen (secondary N) is 3. The van der Waals surface area contributed by atoms with Crippen LogP contribution in [0, 0.1) is 0 Å². The SMILES string of the molecule is NC1C(C(=O)N[C@@H](CCNC(=O)CCCCc2ccc3c(n2)CCNC3)C(=O)O)=Nc2ccccc21. The summed E-state index contributed by atoms with van der Waals surface area (Å²) in [6, 6.07) is 9.44. The molecule has 6 N–H and O–H groups in total. The smallest absolute Gasteiger partial charge is 0.326 e. The molecule has 0 bridgehead atoms. The number of para-hydroxylation sites is 1. The Balaban J connectivity index is 1.16. The van der Waals surface area contributed by atoms with Crippen molar-refractivity contribution in [3.05, 3.63) is 58.9 Å². The molecule has 2 amide bonds. The Morgan fingerprint density at radius 3 is 2.81 bits per heavy atom. The molecule has 36 heavy (non-hydrogen) atoms. The Morgan fingerprint density at radius 2 is 2.00 bits per heavy atom. The van der Waals surface area contributed by atoms with Gasteiger partial charge >= 0.3 is 5.97 Å². The number of aliphatic carboxylic acids is 1. The van der Waals surface area contributed by atoms with Crippen molar-refractivity contribution in [2.45, 2.75) is 57.2 Å². The van der Waals surface area contributed by atoms with Crippen LogP contribution in [0.3, 0.4) is 0 Å². The number of amides is 2. The molecule has 0 saturated heterocycles. The van der Waals surface area contributed by atoms with Crippen molar-refractivity contribution >= 4 is 29.2 Å². The molecule has 3 heterocycles. The Labute approximate surface area is 209 Å². The fourth-order valence-electron chi connectivity index (χ4n) is 4.44. The molecule has 1 unspecified atom stereocenters. The van der Waals surface area contributed by atoms with Gasteiger partial charge in [0.05, 0.1) is 11.7 Å². The first-order valence-electron chi connectivity index (χ1n) is 12.3. The van der Waals surface area contributed by atoms with Gasteiger partial charge in [0, 0.05) is 49.4 Å². The average molecular weight is 493 g/mol. The van der Waals surface area contributed by atoms with Crippen LogP contribution in [0.15, 0.2) is 41.4 Å². The van der Waals surface area contributed by atoms with Gasteiger partial charge in [0.1, 0.15) is 11.8 Å². The minimum atomic E-state index is -1.18. The van der Waals surface area contributed by atoms with Gasteiger partial charge in [0.25, 0.3) is 5.91 Å². The van der Waals surface area contributed by atoms with Gasteiger partial charge in [0.2, 0.25) is 5.91 Å². The lowest BCUT2D eigenvalue weighted by Gasteiger charge is -2.17. The maximum Gasteiger partial charge on any atom is 0.326 e. The molecule has 1 aromatic carbocycles. The number of rotatable bonds is 11. The van der Waals surface area contributed by atoms with Crippen LogP contribution in [-0.4, -0.2) is 52.7 Å². The highest BCUT2D eigenvalue weighted by atomic mass is 16.4. The van der Waals surface area contributed by atoms with E-state index in [1.165, 1.54) is 5.56 Å². The molecular weight excluding hydrogens is 460 g/mol. The minimum Gasteiger partial charge on any atom is -0.480 e. The number of carbonyl (C=O) groups is 3. The summed E-state index contributed by atoms with van der Waals surface area (Å²) in [4.78, 5) is 45.5. The first kappa shape index (κ1) is 25.5. The van der Waals surface area contributed by atoms with Crippen LogP contribution < -0.4 is 21.7 Å². The Morgan fingerprint density at radius 1 is 1.17 bits per heavy atom. The molecule has 0 spiro atoms. The van der Waals surface area contributed by atoms with Crippen molar-refractivity contribution < 1.29 is 19.5 Å². The van der Waals surface area contributed by atoms with Gasteiger partial charge in [0.15, 0.2) is 0 Å². The predicted molar refractivity (Wildman–Crippen MR) is 135 cm³/mol. The zero-order valence-corrected chi connectivity index (χ0v) is 20.1. The number of carbonyl (C=O) groups excluding carboxylic acids is 2. The first-order valence-corrected chi connectivity index (χ1v) is 12.3. The van der Waals surface area contributed by atoms with Gasteiger partial charge in [-0.1, -0.05) is 24.3 Å². The average Bonchev–Trinajstić information content (AvgIpc) is 3.22. The zero-order chi connectivity index (χ0) is 25.5. The molecule has 0 fully saturated rings. The summed E-state index contributed by atoms with van der Waals surface area (Å²) in [6.07, 6.45) is 3.72. The number of aliphatic imine (C=N–C) groups is 1. The van der Waals surface area contributed by atoms with Crippen molar-refractivity contribution in [3.8, 4) is 0 Å². The van der Waals surface area contributed by atoms with E-state index < -0.39 is 24.0 Å². The molecule has 0 aliphatic carbocycles. The molecule has 190 valence electrons. The van der Waals surface area contributed by atoms with Crippen molar-refractivity contribution in [2.24, 2.45) is 10.7 Å². The molecule has 1 aromatic heterocycles. The number of fused-ring (bicyclic) bond motifs is 2. The van der Waals surface area contributed by atoms with Crippen LogP contribution in [0.1, 0.15) is 54.2 Å². The summed E-state index contributed by atoms with van der Waals surface area (Å²) >= 11 is 0. The van der Waals surface area contributed by atoms with E-state index in [9.17, 15) is 19.5 Å². The number of carboxylic acids is 1. The van der Waals surface area contributed by atoms with E-state index in [-0.39, 0.29) is 24.6 Å². The number of hydrogen-bond donors (Lipinski definition) is 5. The van der Waals surface area contributed by atoms with Crippen molar-refractivity contribution in [1.82, 2.24) is 20.9 Å². The fourth-order valence-corrected chi connectivity index (χ4v) is 4.44. The lowest BCUT2D eigenvalue weighted by molar-refractivity contribution is -0.141. The number of hydrogen-bond acceptors (Lipinski definition) is 7. The predicted octanol–water partition coefficient (Wildman–Crippen LogP) is 1.30. The summed E-state index contributed by atoms with van der Waals surface area (Å²) in [7, 11) is 0. The summed E-state index contributed by atoms with van der Waals surface area (Å²) < 4.78 is 0. The maximum absolute atomic E-state index is 12.6. The summed E-state index contributed by atoms with van der Waals surface area (Å²) in [5, 5.41) is 18.1. The fraction of sp³-hybridized carbons (Fsp3) is 0.423. The van der Waals surface area contributed by atoms with Crippen molar-refractivity contribution in [1.29, 1.82) is 0 Å². The van der Waals surface area contributed by atoms with Gasteiger partial charge < -0.3 is 26.8 Å². The second kappa shape index (κ2) is 11.9. The molecule has 2 atom stereocenters. The summed E-state index contributed by atoms with van der Waals surface area (Å²) in [5.41, 5.74) is 11.0. The number of aryl methyl sites for hydroxylation is 1. The van der Waals surface area contributed by atoms with Crippen molar-refractivity contribution in [3.63, 3.8) is 0 Å². The molecule has 4 rings (SSSR count). The highest BCUT2D eigenvalue weighted by Crippen LogP contribution is 2.32. The van der Waals surface area contributed by atoms with E-state index in [0.717, 1.165) is 49.3 Å². The van der Waals surface area contributed by atoms with E-state index in [1.807, 2.05) is 0 Å². The van der Waals surface area contributed by atoms with E-state index in [0.29, 0.717) is 18.5 Å². The molecule has 10 nitrogen and oxygen atoms in total. The summed E-state index contributed by atoms with van der Waals surface area (Å²) in [5.74, 6) is -1.95. The molecule has 0 radical (unpaired) electrons. The largest absolute Gasteiger partial charge is 0.480 e. The second-order valence-electron chi connectivity index (χ2n) is 9.08. The van der Waals surface area contributed by atoms with Crippen LogP contribution in [0.5, 0.6) is 0 Å². The Bertz CT molecular complexity index is 1160. The van der Waals surface area contributed by atoms with E-state index in [4.69, 9.17) is 10.7 Å². The second-order valence-corrected chi connectivity index (χ2v) is 9.08. The molecule has 0 saturated carbocycles. The van der Waals surface area contributed by atoms with E-state index in [2.05, 4.69) is 33.1 Å². The molecule has 2 aliphatic rings. The van der Waals surface area contributed by atoms with E-state index >= 15 is 0 Å². The third-order valence-electron chi connectivity index (χ3n) is 6.47. The lowest BCUT2D eigenvalue weighted by atomic mass is 10.0. The highest BCUT2D eigenvalue weighted by Gasteiger charge is 2.31. The van der Waals surface area contributed by atoms with Crippen LogP contribution in [-0.2, 0) is 33.8 Å². The molecule has 10 heteroatoms. The van der Waals surface area contributed by atoms with Gasteiger partial charge in [-0.25, -0.2) is 9.79 Å². The van der Waals surface area contributed by atoms with Crippen molar-refractivity contribution in [2.75, 3.05) is 13.1 Å². The lowest BCUT2D eigenvalue weighted by Crippen LogP contribution is -2.47. The third kappa shape index (κ3) is 6.32. The quantitative estimate of drug-likeness (QED) is 0.296. The minimum absolute atomic E-state index is 0.0518. The van der Waals surface area contributed by atoms with Gasteiger partial charge in [-0.2, -0.15) is 0 Å². The highest BCUT2D eigenvalue weighted by molar-refractivity contribution is 6.42. The molecule has 2 aromatic rings. The van der Waals surface area contributed by atoms with Gasteiger partial charge in [-0.3, -0.25) is 14.6 Å². The number of nitrogens with zero attached hydrogens (tertiary/aromatic N) is 2. The van der Waals surface area contributed by atoms with Gasteiger partial charge in [-0.15, -0.1) is 0 Å². The number of benzene rings is 1. The topological polar surface area (TPSA) is 159 Å². The number of unbranched alkanes of at least 4 members (excludes halogenated alkanes) is 1. The molecule has 2 aliphatic heterocycles. The van der Waals surface area contributed by atoms with Crippen LogP contribution in [0.4, 0.5) is 5.69 Å².